The van der Waals surface area contributed by atoms with Crippen LogP contribution >= 0.6 is 0 Å². The van der Waals surface area contributed by atoms with E-state index in [1.165, 1.54) is 0 Å². The zero-order valence-electron chi connectivity index (χ0n) is 14.0. The molecular formula is C18H22N2O4. The van der Waals surface area contributed by atoms with Crippen molar-refractivity contribution in [3.05, 3.63) is 57.3 Å². The van der Waals surface area contributed by atoms with E-state index in [-0.39, 0.29) is 17.5 Å². The fourth-order valence-corrected chi connectivity index (χ4v) is 2.34. The summed E-state index contributed by atoms with van der Waals surface area (Å²) in [5, 5.41) is 8.83. The van der Waals surface area contributed by atoms with Gasteiger partial charge >= 0.3 is 5.97 Å². The lowest BCUT2D eigenvalue weighted by molar-refractivity contribution is -0.136. The molecule has 6 nitrogen and oxygen atoms in total. The maximum atomic E-state index is 12.0. The molecule has 0 aliphatic rings. The highest BCUT2D eigenvalue weighted by Crippen LogP contribution is 2.14. The number of benzene rings is 1. The second-order valence-electron chi connectivity index (χ2n) is 5.67. The first-order chi connectivity index (χ1) is 11.5. The van der Waals surface area contributed by atoms with Gasteiger partial charge in [0.2, 0.25) is 0 Å². The predicted octanol–water partition coefficient (Wildman–Crippen LogP) is 2.48. The number of hydrogen-bond acceptors (Lipinski definition) is 4. The maximum absolute atomic E-state index is 12.0. The van der Waals surface area contributed by atoms with Crippen molar-refractivity contribution in [3.63, 3.8) is 0 Å². The van der Waals surface area contributed by atoms with Crippen molar-refractivity contribution < 1.29 is 14.6 Å². The fourth-order valence-electron chi connectivity index (χ4n) is 2.34. The summed E-state index contributed by atoms with van der Waals surface area (Å²) in [7, 11) is 0. The molecule has 0 radical (unpaired) electrons. The minimum absolute atomic E-state index is 0.200. The minimum atomic E-state index is -1.04. The van der Waals surface area contributed by atoms with E-state index in [4.69, 9.17) is 9.84 Å². The molecule has 0 aliphatic carbocycles. The SMILES string of the molecule is CCCCOc1ccc(Cc2nc(C)c(CC(=O)O)c(=O)[nH]2)cc1. The highest BCUT2D eigenvalue weighted by atomic mass is 16.5. The van der Waals surface area contributed by atoms with E-state index in [0.29, 0.717) is 24.5 Å². The van der Waals surface area contributed by atoms with Crippen LogP contribution in [-0.4, -0.2) is 27.7 Å². The Hall–Kier alpha value is -2.63. The van der Waals surface area contributed by atoms with Crippen LogP contribution in [0, 0.1) is 6.92 Å². The number of carboxylic acids is 1. The number of ether oxygens (including phenoxy) is 1. The topological polar surface area (TPSA) is 92.3 Å². The fraction of sp³-hybridized carbons (Fsp3) is 0.389. The molecule has 0 fully saturated rings. The molecule has 0 saturated carbocycles. The molecule has 128 valence electrons. The van der Waals surface area contributed by atoms with Gasteiger partial charge in [-0.2, -0.15) is 0 Å². The molecule has 1 aromatic carbocycles. The van der Waals surface area contributed by atoms with Crippen molar-refractivity contribution in [1.82, 2.24) is 9.97 Å². The Morgan fingerprint density at radius 1 is 1.29 bits per heavy atom. The monoisotopic (exact) mass is 330 g/mol. The maximum Gasteiger partial charge on any atom is 0.308 e. The van der Waals surface area contributed by atoms with Gasteiger partial charge in [-0.05, 0) is 31.0 Å². The molecule has 24 heavy (non-hydrogen) atoms. The molecule has 1 heterocycles. The molecule has 0 unspecified atom stereocenters. The second kappa shape index (κ2) is 8.29. The van der Waals surface area contributed by atoms with Crippen molar-refractivity contribution in [2.75, 3.05) is 6.61 Å². The number of aliphatic carboxylic acids is 1. The van der Waals surface area contributed by atoms with E-state index < -0.39 is 5.97 Å². The van der Waals surface area contributed by atoms with Crippen LogP contribution in [0.1, 0.15) is 42.4 Å². The Morgan fingerprint density at radius 3 is 2.58 bits per heavy atom. The molecule has 2 aromatic rings. The van der Waals surface area contributed by atoms with Gasteiger partial charge in [0.15, 0.2) is 0 Å². The molecule has 0 atom stereocenters. The lowest BCUT2D eigenvalue weighted by atomic mass is 10.1. The standard InChI is InChI=1S/C18H22N2O4/c1-3-4-9-24-14-7-5-13(6-8-14)10-16-19-12(2)15(11-17(21)22)18(23)20-16/h5-8H,3-4,9-11H2,1-2H3,(H,21,22)(H,19,20,23). The van der Waals surface area contributed by atoms with Gasteiger partial charge < -0.3 is 14.8 Å². The summed E-state index contributed by atoms with van der Waals surface area (Å²) in [6.45, 7) is 4.47. The van der Waals surface area contributed by atoms with Crippen LogP contribution in [0.4, 0.5) is 0 Å². The summed E-state index contributed by atoms with van der Waals surface area (Å²) in [5.74, 6) is 0.296. The molecule has 2 N–H and O–H groups in total. The first kappa shape index (κ1) is 17.7. The quantitative estimate of drug-likeness (QED) is 0.725. The van der Waals surface area contributed by atoms with Crippen LogP contribution in [0.15, 0.2) is 29.1 Å². The average molecular weight is 330 g/mol. The third-order valence-electron chi connectivity index (χ3n) is 3.66. The summed E-state index contributed by atoms with van der Waals surface area (Å²) in [6.07, 6.45) is 2.26. The number of H-pyrrole nitrogens is 1. The van der Waals surface area contributed by atoms with E-state index in [1.54, 1.807) is 6.92 Å². The van der Waals surface area contributed by atoms with Gasteiger partial charge in [0.25, 0.3) is 5.56 Å². The van der Waals surface area contributed by atoms with Crippen molar-refractivity contribution >= 4 is 5.97 Å². The van der Waals surface area contributed by atoms with Crippen molar-refractivity contribution in [1.29, 1.82) is 0 Å². The minimum Gasteiger partial charge on any atom is -0.494 e. The van der Waals surface area contributed by atoms with Crippen molar-refractivity contribution in [2.45, 2.75) is 39.5 Å². The van der Waals surface area contributed by atoms with Crippen LogP contribution in [0.25, 0.3) is 0 Å². The van der Waals surface area contributed by atoms with E-state index in [2.05, 4.69) is 16.9 Å². The number of rotatable bonds is 8. The van der Waals surface area contributed by atoms with E-state index in [9.17, 15) is 9.59 Å². The van der Waals surface area contributed by atoms with Crippen molar-refractivity contribution in [2.24, 2.45) is 0 Å². The van der Waals surface area contributed by atoms with E-state index in [0.717, 1.165) is 24.2 Å². The molecule has 0 amide bonds. The second-order valence-corrected chi connectivity index (χ2v) is 5.67. The Morgan fingerprint density at radius 2 is 2.00 bits per heavy atom. The van der Waals surface area contributed by atoms with Gasteiger partial charge in [0.05, 0.1) is 13.0 Å². The Labute approximate surface area is 140 Å². The molecule has 0 aliphatic heterocycles. The Kier molecular flexibility index (Phi) is 6.12. The molecule has 0 bridgehead atoms. The first-order valence-electron chi connectivity index (χ1n) is 8.01. The molecule has 6 heteroatoms. The Bertz CT molecular complexity index is 751. The zero-order chi connectivity index (χ0) is 17.5. The largest absolute Gasteiger partial charge is 0.494 e. The normalized spacial score (nSPS) is 10.6. The van der Waals surface area contributed by atoms with Gasteiger partial charge in [0, 0.05) is 17.7 Å². The van der Waals surface area contributed by atoms with Crippen LogP contribution in [-0.2, 0) is 17.6 Å². The molecule has 1 aromatic heterocycles. The number of aromatic nitrogens is 2. The average Bonchev–Trinajstić information content (AvgIpc) is 2.53. The highest BCUT2D eigenvalue weighted by Gasteiger charge is 2.12. The number of unbranched alkanes of at least 4 members (excludes halogenated alkanes) is 1. The summed E-state index contributed by atoms with van der Waals surface area (Å²) >= 11 is 0. The number of hydrogen-bond donors (Lipinski definition) is 2. The molecular weight excluding hydrogens is 308 g/mol. The van der Waals surface area contributed by atoms with E-state index in [1.807, 2.05) is 24.3 Å². The number of nitrogens with zero attached hydrogens (tertiary/aromatic N) is 1. The zero-order valence-corrected chi connectivity index (χ0v) is 14.0. The van der Waals surface area contributed by atoms with Crippen LogP contribution < -0.4 is 10.3 Å². The predicted molar refractivity (Wildman–Crippen MR) is 90.6 cm³/mol. The van der Waals surface area contributed by atoms with Gasteiger partial charge in [-0.3, -0.25) is 9.59 Å². The molecule has 0 saturated heterocycles. The third kappa shape index (κ3) is 4.94. The smallest absolute Gasteiger partial charge is 0.308 e. The first-order valence-corrected chi connectivity index (χ1v) is 8.01. The third-order valence-corrected chi connectivity index (χ3v) is 3.66. The lowest BCUT2D eigenvalue weighted by Gasteiger charge is -2.08. The molecule has 0 spiro atoms. The van der Waals surface area contributed by atoms with Crippen LogP contribution in [0.2, 0.25) is 0 Å². The summed E-state index contributed by atoms with van der Waals surface area (Å²) in [5.41, 5.74) is 1.26. The Balaban J connectivity index is 2.08. The van der Waals surface area contributed by atoms with Gasteiger partial charge in [-0.15, -0.1) is 0 Å². The number of carbonyl (C=O) groups is 1. The van der Waals surface area contributed by atoms with Crippen LogP contribution in [0.3, 0.4) is 0 Å². The number of aryl methyl sites for hydroxylation is 1. The van der Waals surface area contributed by atoms with Gasteiger partial charge in [-0.1, -0.05) is 25.5 Å². The molecule has 2 rings (SSSR count). The lowest BCUT2D eigenvalue weighted by Crippen LogP contribution is -2.21. The number of nitrogens with one attached hydrogen (secondary N) is 1. The van der Waals surface area contributed by atoms with Gasteiger partial charge in [0.1, 0.15) is 11.6 Å². The van der Waals surface area contributed by atoms with Crippen LogP contribution in [0.5, 0.6) is 5.75 Å². The highest BCUT2D eigenvalue weighted by molar-refractivity contribution is 5.70. The number of aromatic amines is 1. The number of carboxylic acid groups (broad SMARTS) is 1. The summed E-state index contributed by atoms with van der Waals surface area (Å²) in [6, 6.07) is 7.66. The van der Waals surface area contributed by atoms with E-state index >= 15 is 0 Å². The summed E-state index contributed by atoms with van der Waals surface area (Å²) in [4.78, 5) is 29.8. The van der Waals surface area contributed by atoms with Gasteiger partial charge in [-0.25, -0.2) is 4.98 Å². The van der Waals surface area contributed by atoms with Crippen molar-refractivity contribution in [3.8, 4) is 5.75 Å². The summed E-state index contributed by atoms with van der Waals surface area (Å²) < 4.78 is 5.61.